The van der Waals surface area contributed by atoms with Crippen LogP contribution in [0.5, 0.6) is 11.5 Å². The maximum absolute atomic E-state index is 13.8. The Balaban J connectivity index is 1.65. The van der Waals surface area contributed by atoms with Gasteiger partial charge in [-0.2, -0.15) is 0 Å². The molecular weight excluding hydrogens is 333 g/mol. The molecule has 1 saturated heterocycles. The number of phenols is 1. The van der Waals surface area contributed by atoms with Gasteiger partial charge in [-0.1, -0.05) is 24.3 Å². The van der Waals surface area contributed by atoms with Gasteiger partial charge in [-0.3, -0.25) is 4.79 Å². The minimum atomic E-state index is -0.183. The van der Waals surface area contributed by atoms with E-state index in [4.69, 9.17) is 4.74 Å². The molecule has 1 N–H and O–H groups in total. The number of aryl methyl sites for hydroxylation is 1. The van der Waals surface area contributed by atoms with Crippen molar-refractivity contribution in [2.45, 2.75) is 25.7 Å². The summed E-state index contributed by atoms with van der Waals surface area (Å²) in [4.78, 5) is 14.6. The van der Waals surface area contributed by atoms with E-state index in [1.165, 1.54) is 13.2 Å². The second-order valence-corrected chi connectivity index (χ2v) is 6.75. The molecule has 0 spiro atoms. The van der Waals surface area contributed by atoms with Crippen molar-refractivity contribution in [2.24, 2.45) is 5.92 Å². The van der Waals surface area contributed by atoms with Gasteiger partial charge < -0.3 is 14.7 Å². The number of amides is 1. The Labute approximate surface area is 153 Å². The molecule has 0 aliphatic carbocycles. The van der Waals surface area contributed by atoms with Crippen LogP contribution < -0.4 is 4.74 Å². The molecule has 1 atom stereocenters. The molecule has 0 radical (unpaired) electrons. The number of phenolic OH excluding ortho intramolecular Hbond substituents is 1. The molecule has 0 saturated carbocycles. The van der Waals surface area contributed by atoms with Crippen molar-refractivity contribution in [3.05, 3.63) is 59.4 Å². The highest BCUT2D eigenvalue weighted by atomic mass is 19.1. The van der Waals surface area contributed by atoms with Gasteiger partial charge in [0.2, 0.25) is 0 Å². The minimum absolute atomic E-state index is 0.117. The monoisotopic (exact) mass is 357 g/mol. The number of aromatic hydroxyl groups is 1. The zero-order chi connectivity index (χ0) is 18.5. The third-order valence-electron chi connectivity index (χ3n) is 5.04. The van der Waals surface area contributed by atoms with Gasteiger partial charge in [0.1, 0.15) is 5.82 Å². The molecule has 2 aromatic carbocycles. The Morgan fingerprint density at radius 3 is 2.85 bits per heavy atom. The fraction of sp³-hybridized carbons (Fsp3) is 0.381. The Morgan fingerprint density at radius 1 is 1.27 bits per heavy atom. The smallest absolute Gasteiger partial charge is 0.257 e. The summed E-state index contributed by atoms with van der Waals surface area (Å²) in [6.07, 6.45) is 3.46. The van der Waals surface area contributed by atoms with Crippen LogP contribution in [0, 0.1) is 11.7 Å². The number of likely N-dealkylation sites (tertiary alicyclic amines) is 1. The summed E-state index contributed by atoms with van der Waals surface area (Å²) in [5.74, 6) is 0.159. The van der Waals surface area contributed by atoms with Gasteiger partial charge in [0.25, 0.3) is 5.91 Å². The largest absolute Gasteiger partial charge is 0.504 e. The number of benzene rings is 2. The van der Waals surface area contributed by atoms with Crippen molar-refractivity contribution >= 4 is 5.91 Å². The molecule has 1 amide bonds. The van der Waals surface area contributed by atoms with Gasteiger partial charge in [0, 0.05) is 13.1 Å². The van der Waals surface area contributed by atoms with Gasteiger partial charge in [-0.05, 0) is 55.4 Å². The summed E-state index contributed by atoms with van der Waals surface area (Å²) in [5, 5.41) is 10.2. The van der Waals surface area contributed by atoms with Gasteiger partial charge in [-0.15, -0.1) is 0 Å². The number of piperidine rings is 1. The molecule has 0 unspecified atom stereocenters. The second-order valence-electron chi connectivity index (χ2n) is 6.75. The van der Waals surface area contributed by atoms with Crippen LogP contribution in [0.25, 0.3) is 0 Å². The maximum atomic E-state index is 13.8. The Bertz CT molecular complexity index is 778. The van der Waals surface area contributed by atoms with E-state index in [0.717, 1.165) is 24.8 Å². The van der Waals surface area contributed by atoms with Crippen LogP contribution in [0.4, 0.5) is 4.39 Å². The summed E-state index contributed by atoms with van der Waals surface area (Å²) in [7, 11) is 1.46. The average molecular weight is 357 g/mol. The summed E-state index contributed by atoms with van der Waals surface area (Å²) in [5.41, 5.74) is 0.987. The van der Waals surface area contributed by atoms with E-state index < -0.39 is 0 Å². The SMILES string of the molecule is COc1cccc(C(=O)N2CCC[C@@H](CCc3ccccc3F)C2)c1O. The van der Waals surface area contributed by atoms with Crippen LogP contribution in [0.2, 0.25) is 0 Å². The van der Waals surface area contributed by atoms with E-state index in [1.54, 1.807) is 29.2 Å². The Morgan fingerprint density at radius 2 is 2.08 bits per heavy atom. The fourth-order valence-corrected chi connectivity index (χ4v) is 3.58. The van der Waals surface area contributed by atoms with Gasteiger partial charge in [0.05, 0.1) is 12.7 Å². The summed E-state index contributed by atoms with van der Waals surface area (Å²) >= 11 is 0. The first-order valence-electron chi connectivity index (χ1n) is 8.98. The number of nitrogens with zero attached hydrogens (tertiary/aromatic N) is 1. The van der Waals surface area contributed by atoms with E-state index in [-0.39, 0.29) is 23.0 Å². The first kappa shape index (κ1) is 18.2. The van der Waals surface area contributed by atoms with Crippen molar-refractivity contribution in [2.75, 3.05) is 20.2 Å². The van der Waals surface area contributed by atoms with Crippen molar-refractivity contribution < 1.29 is 19.0 Å². The number of halogens is 1. The normalized spacial score (nSPS) is 17.2. The third kappa shape index (κ3) is 3.98. The van der Waals surface area contributed by atoms with Crippen LogP contribution in [0.15, 0.2) is 42.5 Å². The average Bonchev–Trinajstić information content (AvgIpc) is 2.67. The topological polar surface area (TPSA) is 49.8 Å². The zero-order valence-electron chi connectivity index (χ0n) is 15.0. The lowest BCUT2D eigenvalue weighted by Crippen LogP contribution is -2.40. The number of hydrogen-bond donors (Lipinski definition) is 1. The van der Waals surface area contributed by atoms with E-state index in [2.05, 4.69) is 0 Å². The lowest BCUT2D eigenvalue weighted by atomic mass is 9.91. The highest BCUT2D eigenvalue weighted by Crippen LogP contribution is 2.31. The molecule has 0 bridgehead atoms. The van der Waals surface area contributed by atoms with Gasteiger partial charge in [0.15, 0.2) is 11.5 Å². The van der Waals surface area contributed by atoms with E-state index in [0.29, 0.717) is 31.2 Å². The van der Waals surface area contributed by atoms with Crippen LogP contribution >= 0.6 is 0 Å². The van der Waals surface area contributed by atoms with Crippen molar-refractivity contribution in [3.8, 4) is 11.5 Å². The highest BCUT2D eigenvalue weighted by molar-refractivity contribution is 5.97. The second kappa shape index (κ2) is 8.21. The van der Waals surface area contributed by atoms with Crippen molar-refractivity contribution in [1.29, 1.82) is 0 Å². The number of ether oxygens (including phenoxy) is 1. The summed E-state index contributed by atoms with van der Waals surface area (Å²) in [6.45, 7) is 1.30. The Hall–Kier alpha value is -2.56. The van der Waals surface area contributed by atoms with Gasteiger partial charge >= 0.3 is 0 Å². The lowest BCUT2D eigenvalue weighted by molar-refractivity contribution is 0.0664. The maximum Gasteiger partial charge on any atom is 0.257 e. The van der Waals surface area contributed by atoms with Crippen LogP contribution in [0.1, 0.15) is 35.2 Å². The van der Waals surface area contributed by atoms with Crippen LogP contribution in [-0.2, 0) is 6.42 Å². The standard InChI is InChI=1S/C21H24FNO3/c1-26-19-10-4-8-17(20(19)24)21(25)23-13-5-6-15(14-23)11-12-16-7-2-3-9-18(16)22/h2-4,7-10,15,24H,5-6,11-14H2,1H3/t15-/m0/s1. The van der Waals surface area contributed by atoms with Crippen molar-refractivity contribution in [1.82, 2.24) is 4.90 Å². The molecule has 1 aliphatic heterocycles. The first-order chi connectivity index (χ1) is 12.6. The number of para-hydroxylation sites is 1. The number of methoxy groups -OCH3 is 1. The fourth-order valence-electron chi connectivity index (χ4n) is 3.58. The molecule has 1 heterocycles. The van der Waals surface area contributed by atoms with E-state index in [1.807, 2.05) is 12.1 Å². The number of rotatable bonds is 5. The molecule has 4 nitrogen and oxygen atoms in total. The molecule has 5 heteroatoms. The van der Waals surface area contributed by atoms with E-state index in [9.17, 15) is 14.3 Å². The molecule has 138 valence electrons. The van der Waals surface area contributed by atoms with Crippen molar-refractivity contribution in [3.63, 3.8) is 0 Å². The van der Waals surface area contributed by atoms with Crippen LogP contribution in [-0.4, -0.2) is 36.1 Å². The summed E-state index contributed by atoms with van der Waals surface area (Å²) in [6, 6.07) is 11.8. The first-order valence-corrected chi connectivity index (χ1v) is 8.98. The quantitative estimate of drug-likeness (QED) is 0.879. The van der Waals surface area contributed by atoms with Gasteiger partial charge in [-0.25, -0.2) is 4.39 Å². The number of carbonyl (C=O) groups excluding carboxylic acids is 1. The molecule has 2 aromatic rings. The molecule has 3 rings (SSSR count). The molecule has 1 aliphatic rings. The highest BCUT2D eigenvalue weighted by Gasteiger charge is 2.26. The zero-order valence-corrected chi connectivity index (χ0v) is 15.0. The Kier molecular flexibility index (Phi) is 5.76. The molecular formula is C21H24FNO3. The minimum Gasteiger partial charge on any atom is -0.504 e. The number of hydrogen-bond acceptors (Lipinski definition) is 3. The molecule has 26 heavy (non-hydrogen) atoms. The summed E-state index contributed by atoms with van der Waals surface area (Å²) < 4.78 is 18.9. The molecule has 1 fully saturated rings. The third-order valence-corrected chi connectivity index (χ3v) is 5.04. The predicted octanol–water partition coefficient (Wildman–Crippen LogP) is 4.02. The van der Waals surface area contributed by atoms with E-state index >= 15 is 0 Å². The molecule has 0 aromatic heterocycles. The van der Waals surface area contributed by atoms with Crippen LogP contribution in [0.3, 0.4) is 0 Å². The predicted molar refractivity (Wildman–Crippen MR) is 98.0 cm³/mol. The lowest BCUT2D eigenvalue weighted by Gasteiger charge is -2.33. The number of carbonyl (C=O) groups is 1.